The lowest BCUT2D eigenvalue weighted by molar-refractivity contribution is -0.138. The Hall–Kier alpha value is -2.65. The van der Waals surface area contributed by atoms with Gasteiger partial charge in [0.25, 0.3) is 0 Å². The maximum absolute atomic E-state index is 10.6. The summed E-state index contributed by atoms with van der Waals surface area (Å²) in [5.41, 5.74) is 0. The Kier molecular flexibility index (Phi) is 16.2. The molecule has 0 amide bonds. The average molecular weight is 467 g/mol. The second kappa shape index (κ2) is 18.9. The Balaban J connectivity index is 2.48. The van der Waals surface area contributed by atoms with E-state index in [1.54, 1.807) is 0 Å². The molecule has 10 nitrogen and oxygen atoms in total. The molecule has 10 heteroatoms. The molecular formula is C23H42N6O4. The maximum Gasteiger partial charge on any atom is 0.303 e. The summed E-state index contributed by atoms with van der Waals surface area (Å²) in [6.07, 6.45) is 12.3. The van der Waals surface area contributed by atoms with Crippen molar-refractivity contribution in [2.24, 2.45) is 0 Å². The number of aliphatic carboxylic acids is 2. The quantitative estimate of drug-likeness (QED) is 0.151. The van der Waals surface area contributed by atoms with Gasteiger partial charge in [-0.3, -0.25) is 9.59 Å². The highest BCUT2D eigenvalue weighted by Crippen LogP contribution is 2.12. The van der Waals surface area contributed by atoms with E-state index in [1.165, 1.54) is 32.1 Å². The largest absolute Gasteiger partial charge is 0.481 e. The number of unbranched alkanes of at least 4 members (excludes halogenated alkanes) is 9. The molecule has 33 heavy (non-hydrogen) atoms. The fraction of sp³-hybridized carbons (Fsp3) is 0.783. The SMILES string of the molecule is CCCCCCCCNc1nc(NCCCCCC(=O)O)nc(NCCCCCC(=O)O)n1. The normalized spacial score (nSPS) is 10.7. The van der Waals surface area contributed by atoms with Crippen LogP contribution in [0.2, 0.25) is 0 Å². The van der Waals surface area contributed by atoms with Crippen molar-refractivity contribution in [2.75, 3.05) is 35.6 Å². The van der Waals surface area contributed by atoms with Gasteiger partial charge >= 0.3 is 11.9 Å². The number of carboxylic acid groups (broad SMARTS) is 2. The molecule has 1 aromatic heterocycles. The third-order valence-electron chi connectivity index (χ3n) is 5.15. The Bertz CT molecular complexity index is 630. The number of carboxylic acids is 2. The molecule has 1 rings (SSSR count). The molecule has 0 bridgehead atoms. The Labute approximate surface area is 197 Å². The number of hydrogen-bond acceptors (Lipinski definition) is 8. The summed E-state index contributed by atoms with van der Waals surface area (Å²) in [7, 11) is 0. The van der Waals surface area contributed by atoms with Crippen LogP contribution in [0.25, 0.3) is 0 Å². The van der Waals surface area contributed by atoms with Gasteiger partial charge in [0, 0.05) is 32.5 Å². The van der Waals surface area contributed by atoms with Crippen LogP contribution in [0.15, 0.2) is 0 Å². The van der Waals surface area contributed by atoms with Crippen LogP contribution in [-0.2, 0) is 9.59 Å². The van der Waals surface area contributed by atoms with E-state index in [0.717, 1.165) is 38.6 Å². The Morgan fingerprint density at radius 3 is 1.27 bits per heavy atom. The number of carbonyl (C=O) groups is 2. The first-order valence-electron chi connectivity index (χ1n) is 12.4. The average Bonchev–Trinajstić information content (AvgIpc) is 2.77. The zero-order valence-electron chi connectivity index (χ0n) is 20.1. The lowest BCUT2D eigenvalue weighted by Crippen LogP contribution is -2.14. The van der Waals surface area contributed by atoms with Crippen molar-refractivity contribution in [1.29, 1.82) is 0 Å². The summed E-state index contributed by atoms with van der Waals surface area (Å²) in [6, 6.07) is 0. The molecular weight excluding hydrogens is 424 g/mol. The smallest absolute Gasteiger partial charge is 0.303 e. The standard InChI is InChI=1S/C23H42N6O4/c1-2-3-4-5-6-11-16-24-21-27-22(25-17-12-7-9-14-19(30)31)29-23(28-21)26-18-13-8-10-15-20(32)33/h2-18H2,1H3,(H,30,31)(H,32,33)(H3,24,25,26,27,28,29). The van der Waals surface area contributed by atoms with Gasteiger partial charge in [0.15, 0.2) is 0 Å². The molecule has 0 aliphatic carbocycles. The van der Waals surface area contributed by atoms with Crippen molar-refractivity contribution in [1.82, 2.24) is 15.0 Å². The number of anilines is 3. The van der Waals surface area contributed by atoms with Crippen LogP contribution in [-0.4, -0.2) is 56.7 Å². The number of hydrogen-bond donors (Lipinski definition) is 5. The van der Waals surface area contributed by atoms with Crippen LogP contribution in [0.3, 0.4) is 0 Å². The van der Waals surface area contributed by atoms with E-state index >= 15 is 0 Å². The molecule has 0 unspecified atom stereocenters. The van der Waals surface area contributed by atoms with Crippen LogP contribution in [0.1, 0.15) is 96.8 Å². The molecule has 0 radical (unpaired) electrons. The van der Waals surface area contributed by atoms with Crippen LogP contribution < -0.4 is 16.0 Å². The molecule has 0 fully saturated rings. The molecule has 0 aromatic carbocycles. The molecule has 0 saturated carbocycles. The molecule has 1 heterocycles. The minimum atomic E-state index is -0.764. The predicted octanol–water partition coefficient (Wildman–Crippen LogP) is 4.76. The summed E-state index contributed by atoms with van der Waals surface area (Å²) >= 11 is 0. The molecule has 0 aliphatic rings. The molecule has 0 saturated heterocycles. The van der Waals surface area contributed by atoms with Crippen molar-refractivity contribution in [3.63, 3.8) is 0 Å². The van der Waals surface area contributed by atoms with E-state index in [0.29, 0.717) is 43.8 Å². The fourth-order valence-corrected chi connectivity index (χ4v) is 3.28. The van der Waals surface area contributed by atoms with Crippen molar-refractivity contribution in [3.8, 4) is 0 Å². The Morgan fingerprint density at radius 1 is 0.576 bits per heavy atom. The van der Waals surface area contributed by atoms with E-state index < -0.39 is 11.9 Å². The van der Waals surface area contributed by atoms with Crippen molar-refractivity contribution in [3.05, 3.63) is 0 Å². The van der Waals surface area contributed by atoms with Crippen LogP contribution in [0.5, 0.6) is 0 Å². The van der Waals surface area contributed by atoms with Gasteiger partial charge in [-0.15, -0.1) is 0 Å². The predicted molar refractivity (Wildman–Crippen MR) is 131 cm³/mol. The summed E-state index contributed by atoms with van der Waals surface area (Å²) < 4.78 is 0. The van der Waals surface area contributed by atoms with Crippen molar-refractivity contribution in [2.45, 2.75) is 96.8 Å². The van der Waals surface area contributed by atoms with E-state index in [-0.39, 0.29) is 12.8 Å². The maximum atomic E-state index is 10.6. The summed E-state index contributed by atoms with van der Waals surface area (Å²) in [5, 5.41) is 27.1. The van der Waals surface area contributed by atoms with Crippen molar-refractivity contribution >= 4 is 29.8 Å². The molecule has 1 aromatic rings. The first-order chi connectivity index (χ1) is 16.0. The third-order valence-corrected chi connectivity index (χ3v) is 5.15. The topological polar surface area (TPSA) is 149 Å². The summed E-state index contributed by atoms with van der Waals surface area (Å²) in [6.45, 7) is 4.34. The minimum absolute atomic E-state index is 0.193. The molecule has 188 valence electrons. The van der Waals surface area contributed by atoms with E-state index in [4.69, 9.17) is 10.2 Å². The van der Waals surface area contributed by atoms with E-state index in [9.17, 15) is 9.59 Å². The highest BCUT2D eigenvalue weighted by molar-refractivity contribution is 5.66. The zero-order valence-corrected chi connectivity index (χ0v) is 20.1. The Morgan fingerprint density at radius 2 is 0.909 bits per heavy atom. The first-order valence-corrected chi connectivity index (χ1v) is 12.4. The molecule has 5 N–H and O–H groups in total. The van der Waals surface area contributed by atoms with Gasteiger partial charge in [-0.1, -0.05) is 51.9 Å². The number of nitrogens with zero attached hydrogens (tertiary/aromatic N) is 3. The number of rotatable bonds is 22. The second-order valence-corrected chi connectivity index (χ2v) is 8.26. The van der Waals surface area contributed by atoms with Gasteiger partial charge in [0.1, 0.15) is 0 Å². The monoisotopic (exact) mass is 466 g/mol. The van der Waals surface area contributed by atoms with Gasteiger partial charge in [0.2, 0.25) is 17.8 Å². The molecule has 0 spiro atoms. The molecule has 0 aliphatic heterocycles. The zero-order chi connectivity index (χ0) is 24.2. The van der Waals surface area contributed by atoms with Crippen LogP contribution in [0, 0.1) is 0 Å². The number of nitrogens with one attached hydrogen (secondary N) is 3. The van der Waals surface area contributed by atoms with Gasteiger partial charge < -0.3 is 26.2 Å². The van der Waals surface area contributed by atoms with Crippen LogP contribution >= 0.6 is 0 Å². The third kappa shape index (κ3) is 16.6. The van der Waals surface area contributed by atoms with Gasteiger partial charge in [0.05, 0.1) is 0 Å². The van der Waals surface area contributed by atoms with E-state index in [1.807, 2.05) is 0 Å². The highest BCUT2D eigenvalue weighted by atomic mass is 16.4. The summed E-state index contributed by atoms with van der Waals surface area (Å²) in [5.74, 6) is -0.0233. The number of aromatic nitrogens is 3. The van der Waals surface area contributed by atoms with Gasteiger partial charge in [-0.05, 0) is 32.1 Å². The fourth-order valence-electron chi connectivity index (χ4n) is 3.28. The molecule has 0 atom stereocenters. The highest BCUT2D eigenvalue weighted by Gasteiger charge is 2.07. The summed E-state index contributed by atoms with van der Waals surface area (Å²) in [4.78, 5) is 34.5. The van der Waals surface area contributed by atoms with Gasteiger partial charge in [-0.25, -0.2) is 0 Å². The minimum Gasteiger partial charge on any atom is -0.481 e. The lowest BCUT2D eigenvalue weighted by Gasteiger charge is -2.11. The van der Waals surface area contributed by atoms with E-state index in [2.05, 4.69) is 37.8 Å². The lowest BCUT2D eigenvalue weighted by atomic mass is 10.1. The first kappa shape index (κ1) is 28.4. The van der Waals surface area contributed by atoms with Gasteiger partial charge in [-0.2, -0.15) is 15.0 Å². The second-order valence-electron chi connectivity index (χ2n) is 8.26. The van der Waals surface area contributed by atoms with Crippen molar-refractivity contribution < 1.29 is 19.8 Å². The van der Waals surface area contributed by atoms with Crippen LogP contribution in [0.4, 0.5) is 17.8 Å².